The van der Waals surface area contributed by atoms with Gasteiger partial charge in [0.2, 0.25) is 10.0 Å². The molecule has 0 amide bonds. The zero-order valence-corrected chi connectivity index (χ0v) is 11.3. The second kappa shape index (κ2) is 6.10. The first kappa shape index (κ1) is 14.6. The lowest BCUT2D eigenvalue weighted by atomic mass is 10.3. The van der Waals surface area contributed by atoms with Gasteiger partial charge < -0.3 is 4.98 Å². The number of rotatable bonds is 6. The summed E-state index contributed by atoms with van der Waals surface area (Å²) in [6.07, 6.45) is 4.25. The summed E-state index contributed by atoms with van der Waals surface area (Å²) in [4.78, 5) is 5.91. The van der Waals surface area contributed by atoms with Crippen LogP contribution in [0, 0.1) is 11.6 Å². The molecule has 0 unspecified atom stereocenters. The van der Waals surface area contributed by atoms with E-state index in [0.29, 0.717) is 12.8 Å². The van der Waals surface area contributed by atoms with Gasteiger partial charge in [-0.1, -0.05) is 6.07 Å². The van der Waals surface area contributed by atoms with Crippen molar-refractivity contribution in [3.63, 3.8) is 0 Å². The SMILES string of the molecule is O=S(=O)(NCCCc1ncc[nH]1)c1c(F)cccc1F. The Morgan fingerprint density at radius 3 is 2.55 bits per heavy atom. The van der Waals surface area contributed by atoms with Crippen molar-refractivity contribution in [2.45, 2.75) is 17.7 Å². The number of nitrogens with one attached hydrogen (secondary N) is 2. The van der Waals surface area contributed by atoms with Gasteiger partial charge in [-0.05, 0) is 18.6 Å². The second-order valence-electron chi connectivity index (χ2n) is 4.09. The summed E-state index contributed by atoms with van der Waals surface area (Å²) in [7, 11) is -4.19. The van der Waals surface area contributed by atoms with Gasteiger partial charge in [-0.3, -0.25) is 0 Å². The molecule has 0 fully saturated rings. The van der Waals surface area contributed by atoms with Crippen LogP contribution in [-0.4, -0.2) is 24.9 Å². The van der Waals surface area contributed by atoms with Crippen LogP contribution in [0.15, 0.2) is 35.5 Å². The topological polar surface area (TPSA) is 74.8 Å². The number of aromatic amines is 1. The van der Waals surface area contributed by atoms with Crippen molar-refractivity contribution in [2.24, 2.45) is 0 Å². The quantitative estimate of drug-likeness (QED) is 0.796. The molecule has 108 valence electrons. The molecule has 1 heterocycles. The maximum absolute atomic E-state index is 13.4. The molecule has 0 atom stereocenters. The van der Waals surface area contributed by atoms with E-state index in [1.54, 1.807) is 12.4 Å². The molecule has 1 aromatic carbocycles. The second-order valence-corrected chi connectivity index (χ2v) is 5.79. The van der Waals surface area contributed by atoms with E-state index in [1.807, 2.05) is 0 Å². The maximum atomic E-state index is 13.4. The predicted octanol–water partition coefficient (Wildman–Crippen LogP) is 1.60. The number of hydrogen-bond donors (Lipinski definition) is 2. The molecule has 20 heavy (non-hydrogen) atoms. The van der Waals surface area contributed by atoms with Crippen molar-refractivity contribution in [2.75, 3.05) is 6.54 Å². The van der Waals surface area contributed by atoms with Crippen molar-refractivity contribution in [3.8, 4) is 0 Å². The van der Waals surface area contributed by atoms with Crippen LogP contribution < -0.4 is 4.72 Å². The van der Waals surface area contributed by atoms with E-state index in [4.69, 9.17) is 0 Å². The van der Waals surface area contributed by atoms with E-state index in [1.165, 1.54) is 0 Å². The lowest BCUT2D eigenvalue weighted by Crippen LogP contribution is -2.27. The summed E-state index contributed by atoms with van der Waals surface area (Å²) in [5, 5.41) is 0. The molecule has 0 saturated carbocycles. The number of nitrogens with zero attached hydrogens (tertiary/aromatic N) is 1. The molecule has 8 heteroatoms. The number of sulfonamides is 1. The number of aryl methyl sites for hydroxylation is 1. The van der Waals surface area contributed by atoms with Crippen molar-refractivity contribution in [1.29, 1.82) is 0 Å². The Balaban J connectivity index is 1.97. The lowest BCUT2D eigenvalue weighted by Gasteiger charge is -2.08. The highest BCUT2D eigenvalue weighted by atomic mass is 32.2. The molecule has 2 aromatic rings. The summed E-state index contributed by atoms with van der Waals surface area (Å²) in [5.74, 6) is -1.49. The molecule has 2 rings (SSSR count). The monoisotopic (exact) mass is 301 g/mol. The first-order valence-electron chi connectivity index (χ1n) is 5.92. The zero-order chi connectivity index (χ0) is 14.6. The van der Waals surface area contributed by atoms with Crippen molar-refractivity contribution >= 4 is 10.0 Å². The highest BCUT2D eigenvalue weighted by Gasteiger charge is 2.22. The third-order valence-electron chi connectivity index (χ3n) is 2.62. The largest absolute Gasteiger partial charge is 0.349 e. The fourth-order valence-corrected chi connectivity index (χ4v) is 2.92. The zero-order valence-electron chi connectivity index (χ0n) is 10.4. The predicted molar refractivity (Wildman–Crippen MR) is 68.5 cm³/mol. The summed E-state index contributed by atoms with van der Waals surface area (Å²) in [6, 6.07) is 2.92. The van der Waals surface area contributed by atoms with Gasteiger partial charge in [0, 0.05) is 25.4 Å². The Morgan fingerprint density at radius 2 is 1.95 bits per heavy atom. The average Bonchev–Trinajstić information content (AvgIpc) is 2.87. The summed E-state index contributed by atoms with van der Waals surface area (Å²) in [5.41, 5.74) is 0. The van der Waals surface area contributed by atoms with E-state index < -0.39 is 26.6 Å². The summed E-state index contributed by atoms with van der Waals surface area (Å²) >= 11 is 0. The number of aromatic nitrogens is 2. The molecular formula is C12H13F2N3O2S. The Kier molecular flexibility index (Phi) is 4.46. The van der Waals surface area contributed by atoms with Gasteiger partial charge in [-0.2, -0.15) is 0 Å². The fourth-order valence-electron chi connectivity index (χ4n) is 1.71. The van der Waals surface area contributed by atoms with Gasteiger partial charge in [-0.25, -0.2) is 26.9 Å². The van der Waals surface area contributed by atoms with Crippen LogP contribution in [0.1, 0.15) is 12.2 Å². The number of halogens is 2. The van der Waals surface area contributed by atoms with Crippen LogP contribution in [0.4, 0.5) is 8.78 Å². The number of benzene rings is 1. The normalized spacial score (nSPS) is 11.7. The molecular weight excluding hydrogens is 288 g/mol. The number of imidazole rings is 1. The number of H-pyrrole nitrogens is 1. The van der Waals surface area contributed by atoms with Crippen LogP contribution in [0.5, 0.6) is 0 Å². The minimum atomic E-state index is -4.19. The molecule has 0 spiro atoms. The van der Waals surface area contributed by atoms with Gasteiger partial charge in [0.05, 0.1) is 0 Å². The minimum absolute atomic E-state index is 0.0663. The smallest absolute Gasteiger partial charge is 0.246 e. The molecule has 0 radical (unpaired) electrons. The van der Waals surface area contributed by atoms with E-state index in [2.05, 4.69) is 14.7 Å². The molecule has 2 N–H and O–H groups in total. The maximum Gasteiger partial charge on any atom is 0.246 e. The summed E-state index contributed by atoms with van der Waals surface area (Å²) in [6.45, 7) is 0.0663. The van der Waals surface area contributed by atoms with Crippen molar-refractivity contribution in [3.05, 3.63) is 48.1 Å². The highest BCUT2D eigenvalue weighted by molar-refractivity contribution is 7.89. The van der Waals surface area contributed by atoms with Gasteiger partial charge in [0.25, 0.3) is 0 Å². The van der Waals surface area contributed by atoms with Crippen molar-refractivity contribution in [1.82, 2.24) is 14.7 Å². The molecule has 0 aliphatic carbocycles. The molecule has 0 aliphatic rings. The van der Waals surface area contributed by atoms with Crippen LogP contribution in [-0.2, 0) is 16.4 Å². The third kappa shape index (κ3) is 3.40. The third-order valence-corrected chi connectivity index (χ3v) is 4.14. The standard InChI is InChI=1S/C12H13F2N3O2S/c13-9-3-1-4-10(14)12(9)20(18,19)17-6-2-5-11-15-7-8-16-11/h1,3-4,7-8,17H,2,5-6H2,(H,15,16). The van der Waals surface area contributed by atoms with E-state index in [-0.39, 0.29) is 6.54 Å². The molecule has 0 saturated heterocycles. The Labute approximate surface area is 115 Å². The van der Waals surface area contributed by atoms with Gasteiger partial charge in [-0.15, -0.1) is 0 Å². The first-order valence-corrected chi connectivity index (χ1v) is 7.41. The van der Waals surface area contributed by atoms with E-state index in [9.17, 15) is 17.2 Å². The Bertz CT molecular complexity index is 652. The van der Waals surface area contributed by atoms with Gasteiger partial charge >= 0.3 is 0 Å². The van der Waals surface area contributed by atoms with Crippen molar-refractivity contribution < 1.29 is 17.2 Å². The Morgan fingerprint density at radius 1 is 1.25 bits per heavy atom. The fraction of sp³-hybridized carbons (Fsp3) is 0.250. The average molecular weight is 301 g/mol. The molecule has 0 aliphatic heterocycles. The van der Waals surface area contributed by atoms with Crippen LogP contribution >= 0.6 is 0 Å². The summed E-state index contributed by atoms with van der Waals surface area (Å²) < 4.78 is 52.6. The first-order chi connectivity index (χ1) is 9.50. The highest BCUT2D eigenvalue weighted by Crippen LogP contribution is 2.17. The van der Waals surface area contributed by atoms with E-state index in [0.717, 1.165) is 24.0 Å². The van der Waals surface area contributed by atoms with Crippen LogP contribution in [0.2, 0.25) is 0 Å². The molecule has 5 nitrogen and oxygen atoms in total. The van der Waals surface area contributed by atoms with Crippen LogP contribution in [0.25, 0.3) is 0 Å². The minimum Gasteiger partial charge on any atom is -0.349 e. The molecule has 1 aromatic heterocycles. The lowest BCUT2D eigenvalue weighted by molar-refractivity contribution is 0.513. The molecule has 0 bridgehead atoms. The Hall–Kier alpha value is -1.80. The number of hydrogen-bond acceptors (Lipinski definition) is 3. The van der Waals surface area contributed by atoms with Gasteiger partial charge in [0.15, 0.2) is 4.90 Å². The van der Waals surface area contributed by atoms with Crippen LogP contribution in [0.3, 0.4) is 0 Å². The van der Waals surface area contributed by atoms with E-state index >= 15 is 0 Å². The van der Waals surface area contributed by atoms with Gasteiger partial charge in [0.1, 0.15) is 17.5 Å².